The Labute approximate surface area is 170 Å². The summed E-state index contributed by atoms with van der Waals surface area (Å²) in [5.74, 6) is -0.657. The van der Waals surface area contributed by atoms with Gasteiger partial charge in [-0.1, -0.05) is 36.4 Å². The summed E-state index contributed by atoms with van der Waals surface area (Å²) in [5, 5.41) is 0. The molecule has 2 aliphatic heterocycles. The van der Waals surface area contributed by atoms with Crippen molar-refractivity contribution in [1.29, 1.82) is 0 Å². The molecule has 5 nitrogen and oxygen atoms in total. The zero-order chi connectivity index (χ0) is 20.3. The molecule has 0 N–H and O–H groups in total. The van der Waals surface area contributed by atoms with Crippen LogP contribution in [0.3, 0.4) is 0 Å². The molecule has 1 unspecified atom stereocenters. The Balaban J connectivity index is 1.54. The molecule has 2 fully saturated rings. The Bertz CT molecular complexity index is 889. The van der Waals surface area contributed by atoms with Gasteiger partial charge in [0.1, 0.15) is 5.82 Å². The summed E-state index contributed by atoms with van der Waals surface area (Å²) >= 11 is 0. The highest BCUT2D eigenvalue weighted by Crippen LogP contribution is 2.32. The number of halogens is 1. The highest BCUT2D eigenvalue weighted by Gasteiger charge is 2.48. The normalized spacial score (nSPS) is 22.6. The zero-order valence-corrected chi connectivity index (χ0v) is 16.4. The van der Waals surface area contributed by atoms with Gasteiger partial charge in [0.25, 0.3) is 5.91 Å². The maximum Gasteiger partial charge on any atom is 0.261 e. The van der Waals surface area contributed by atoms with Crippen LogP contribution in [0, 0.1) is 5.82 Å². The Kier molecular flexibility index (Phi) is 5.62. The molecule has 2 saturated heterocycles. The fourth-order valence-corrected chi connectivity index (χ4v) is 4.18. The molecule has 4 rings (SSSR count). The molecule has 6 heteroatoms. The van der Waals surface area contributed by atoms with Gasteiger partial charge in [0.15, 0.2) is 5.60 Å². The van der Waals surface area contributed by atoms with Crippen LogP contribution in [0.4, 0.5) is 10.1 Å². The molecular weight excluding hydrogens is 371 g/mol. The fourth-order valence-electron chi connectivity index (χ4n) is 4.18. The van der Waals surface area contributed by atoms with Gasteiger partial charge in [-0.05, 0) is 43.0 Å². The molecule has 0 radical (unpaired) electrons. The molecule has 2 aromatic carbocycles. The van der Waals surface area contributed by atoms with E-state index in [4.69, 9.17) is 4.74 Å². The smallest absolute Gasteiger partial charge is 0.261 e. The summed E-state index contributed by atoms with van der Waals surface area (Å²) < 4.78 is 20.0. The topological polar surface area (TPSA) is 49.9 Å². The van der Waals surface area contributed by atoms with Crippen LogP contribution in [-0.4, -0.2) is 48.6 Å². The van der Waals surface area contributed by atoms with E-state index in [1.807, 2.05) is 30.3 Å². The number of morpholine rings is 1. The van der Waals surface area contributed by atoms with E-state index in [9.17, 15) is 14.0 Å². The number of carbonyl (C=O) groups is 2. The largest absolute Gasteiger partial charge is 0.361 e. The van der Waals surface area contributed by atoms with Crippen LogP contribution in [0.25, 0.3) is 0 Å². The lowest BCUT2D eigenvalue weighted by Gasteiger charge is -2.42. The van der Waals surface area contributed by atoms with Crippen LogP contribution in [0.1, 0.15) is 24.8 Å². The van der Waals surface area contributed by atoms with Crippen LogP contribution in [0.2, 0.25) is 0 Å². The monoisotopic (exact) mass is 396 g/mol. The number of para-hydroxylation sites is 1. The second kappa shape index (κ2) is 8.33. The standard InChI is InChI=1S/C23H25FN2O3/c24-20-11-5-4-8-18(20)16-21(27)25-14-15-29-23(17-25)12-6-7-13-26(22(23)28)19-9-2-1-3-10-19/h1-5,8-11H,6-7,12-17H2. The van der Waals surface area contributed by atoms with Gasteiger partial charge in [-0.2, -0.15) is 0 Å². The average molecular weight is 396 g/mol. The van der Waals surface area contributed by atoms with Crippen molar-refractivity contribution in [1.82, 2.24) is 4.90 Å². The zero-order valence-electron chi connectivity index (χ0n) is 16.4. The third kappa shape index (κ3) is 4.03. The van der Waals surface area contributed by atoms with E-state index >= 15 is 0 Å². The number of benzene rings is 2. The number of hydrogen-bond donors (Lipinski definition) is 0. The van der Waals surface area contributed by atoms with Gasteiger partial charge < -0.3 is 14.5 Å². The molecule has 0 saturated carbocycles. The summed E-state index contributed by atoms with van der Waals surface area (Å²) in [6.07, 6.45) is 2.30. The quantitative estimate of drug-likeness (QED) is 0.801. The van der Waals surface area contributed by atoms with Crippen LogP contribution in [-0.2, 0) is 20.7 Å². The Hall–Kier alpha value is -2.73. The SMILES string of the molecule is O=C(Cc1ccccc1F)N1CCOC2(CCCCN(c3ccccc3)C2=O)C1. The average Bonchev–Trinajstić information content (AvgIpc) is 2.90. The van der Waals surface area contributed by atoms with Crippen molar-refractivity contribution in [2.45, 2.75) is 31.3 Å². The Morgan fingerprint density at radius 3 is 2.59 bits per heavy atom. The fraction of sp³-hybridized carbons (Fsp3) is 0.391. The number of nitrogens with zero attached hydrogens (tertiary/aromatic N) is 2. The summed E-state index contributed by atoms with van der Waals surface area (Å²) in [6.45, 7) is 1.56. The van der Waals surface area contributed by atoms with Gasteiger partial charge in [0.2, 0.25) is 5.91 Å². The van der Waals surface area contributed by atoms with Gasteiger partial charge in [-0.25, -0.2) is 4.39 Å². The van der Waals surface area contributed by atoms with E-state index in [-0.39, 0.29) is 30.6 Å². The van der Waals surface area contributed by atoms with Crippen molar-refractivity contribution < 1.29 is 18.7 Å². The Morgan fingerprint density at radius 2 is 1.79 bits per heavy atom. The van der Waals surface area contributed by atoms with Crippen LogP contribution < -0.4 is 4.90 Å². The molecule has 1 spiro atoms. The van der Waals surface area contributed by atoms with E-state index in [1.54, 1.807) is 28.0 Å². The first-order valence-electron chi connectivity index (χ1n) is 10.1. The molecule has 152 valence electrons. The highest BCUT2D eigenvalue weighted by atomic mass is 19.1. The third-order valence-electron chi connectivity index (χ3n) is 5.75. The predicted octanol–water partition coefficient (Wildman–Crippen LogP) is 3.18. The van der Waals surface area contributed by atoms with Gasteiger partial charge in [-0.15, -0.1) is 0 Å². The van der Waals surface area contributed by atoms with Crippen molar-refractivity contribution >= 4 is 17.5 Å². The molecule has 2 aliphatic rings. The van der Waals surface area contributed by atoms with E-state index < -0.39 is 5.60 Å². The Morgan fingerprint density at radius 1 is 1.03 bits per heavy atom. The molecule has 2 amide bonds. The van der Waals surface area contributed by atoms with Crippen molar-refractivity contribution in [3.05, 3.63) is 66.0 Å². The number of amides is 2. The first-order chi connectivity index (χ1) is 14.1. The van der Waals surface area contributed by atoms with Gasteiger partial charge in [0.05, 0.1) is 19.6 Å². The summed E-state index contributed by atoms with van der Waals surface area (Å²) in [7, 11) is 0. The number of carbonyl (C=O) groups excluding carboxylic acids is 2. The molecule has 29 heavy (non-hydrogen) atoms. The molecule has 0 aromatic heterocycles. The first kappa shape index (κ1) is 19.6. The van der Waals surface area contributed by atoms with Crippen LogP contribution >= 0.6 is 0 Å². The van der Waals surface area contributed by atoms with E-state index in [0.29, 0.717) is 31.7 Å². The first-order valence-corrected chi connectivity index (χ1v) is 10.1. The minimum atomic E-state index is -1.03. The minimum absolute atomic E-state index is 0.0145. The lowest BCUT2D eigenvalue weighted by atomic mass is 9.93. The van der Waals surface area contributed by atoms with E-state index in [2.05, 4.69) is 0 Å². The second-order valence-corrected chi connectivity index (χ2v) is 7.68. The van der Waals surface area contributed by atoms with Crippen molar-refractivity contribution in [2.24, 2.45) is 0 Å². The summed E-state index contributed by atoms with van der Waals surface area (Å²) in [6, 6.07) is 15.9. The second-order valence-electron chi connectivity index (χ2n) is 7.68. The highest BCUT2D eigenvalue weighted by molar-refractivity contribution is 6.00. The molecule has 2 heterocycles. The van der Waals surface area contributed by atoms with Crippen LogP contribution in [0.5, 0.6) is 0 Å². The lowest BCUT2D eigenvalue weighted by molar-refractivity contribution is -0.164. The molecule has 2 aromatic rings. The lowest BCUT2D eigenvalue weighted by Crippen LogP contribution is -2.61. The van der Waals surface area contributed by atoms with E-state index in [1.165, 1.54) is 6.07 Å². The minimum Gasteiger partial charge on any atom is -0.361 e. The third-order valence-corrected chi connectivity index (χ3v) is 5.75. The predicted molar refractivity (Wildman–Crippen MR) is 108 cm³/mol. The van der Waals surface area contributed by atoms with E-state index in [0.717, 1.165) is 18.5 Å². The van der Waals surface area contributed by atoms with Crippen molar-refractivity contribution in [3.63, 3.8) is 0 Å². The molecule has 0 aliphatic carbocycles. The maximum atomic E-state index is 14.0. The van der Waals surface area contributed by atoms with Gasteiger partial charge >= 0.3 is 0 Å². The summed E-state index contributed by atoms with van der Waals surface area (Å²) in [4.78, 5) is 29.8. The van der Waals surface area contributed by atoms with Gasteiger partial charge in [0, 0.05) is 18.8 Å². The number of ether oxygens (including phenoxy) is 1. The van der Waals surface area contributed by atoms with Gasteiger partial charge in [-0.3, -0.25) is 9.59 Å². The van der Waals surface area contributed by atoms with Crippen LogP contribution in [0.15, 0.2) is 54.6 Å². The van der Waals surface area contributed by atoms with Crippen molar-refractivity contribution in [2.75, 3.05) is 31.1 Å². The number of anilines is 1. The maximum absolute atomic E-state index is 14.0. The molecule has 0 bridgehead atoms. The molecular formula is C23H25FN2O3. The molecule has 1 atom stereocenters. The van der Waals surface area contributed by atoms with Crippen molar-refractivity contribution in [3.8, 4) is 0 Å². The number of rotatable bonds is 3. The summed E-state index contributed by atoms with van der Waals surface area (Å²) in [5.41, 5.74) is 0.184. The number of hydrogen-bond acceptors (Lipinski definition) is 3.